The topological polar surface area (TPSA) is 66.8 Å². The van der Waals surface area contributed by atoms with Crippen LogP contribution in [0, 0.1) is 5.92 Å². The van der Waals surface area contributed by atoms with Crippen molar-refractivity contribution >= 4 is 12.1 Å². The van der Waals surface area contributed by atoms with Gasteiger partial charge in [-0.2, -0.15) is 0 Å². The molecule has 78 valence electrons. The number of esters is 1. The maximum absolute atomic E-state index is 10.9. The molecule has 0 aromatic heterocycles. The largest absolute Gasteiger partial charge is 0.465 e. The average molecular weight is 199 g/mol. The summed E-state index contributed by atoms with van der Waals surface area (Å²) in [7, 11) is 0. The fourth-order valence-electron chi connectivity index (χ4n) is 1.20. The Balaban J connectivity index is 2.22. The summed E-state index contributed by atoms with van der Waals surface area (Å²) in [6, 6.07) is 0. The predicted molar refractivity (Wildman–Crippen MR) is 48.9 cm³/mol. The first-order chi connectivity index (χ1) is 6.63. The highest BCUT2D eigenvalue weighted by Crippen LogP contribution is 2.16. The number of amides is 1. The van der Waals surface area contributed by atoms with Gasteiger partial charge in [-0.15, -0.1) is 0 Å². The Hall–Kier alpha value is -1.52. The Morgan fingerprint density at radius 2 is 2.21 bits per heavy atom. The molecule has 0 unspecified atom stereocenters. The van der Waals surface area contributed by atoms with Crippen LogP contribution in [0.5, 0.6) is 0 Å². The molecule has 14 heavy (non-hydrogen) atoms. The second kappa shape index (κ2) is 4.64. The fraction of sp³-hybridized carbons (Fsp3) is 0.556. The monoisotopic (exact) mass is 199 g/mol. The summed E-state index contributed by atoms with van der Waals surface area (Å²) in [6.45, 7) is 3.02. The molecule has 1 N–H and O–H groups in total. The van der Waals surface area contributed by atoms with Crippen molar-refractivity contribution < 1.29 is 19.4 Å². The second-order valence-electron chi connectivity index (χ2n) is 3.06. The average Bonchev–Trinajstić information content (AvgIpc) is 2.01. The molecule has 5 nitrogen and oxygen atoms in total. The Morgan fingerprint density at radius 1 is 1.57 bits per heavy atom. The first kappa shape index (κ1) is 10.6. The summed E-state index contributed by atoms with van der Waals surface area (Å²) < 4.78 is 4.68. The number of carbonyl (C=O) groups is 2. The molecule has 0 bridgehead atoms. The van der Waals surface area contributed by atoms with Crippen LogP contribution in [0.15, 0.2) is 12.2 Å². The summed E-state index contributed by atoms with van der Waals surface area (Å²) in [5, 5.41) is 8.52. The van der Waals surface area contributed by atoms with E-state index >= 15 is 0 Å². The van der Waals surface area contributed by atoms with Crippen molar-refractivity contribution in [2.45, 2.75) is 6.92 Å². The molecular formula is C9H13NO4. The zero-order valence-electron chi connectivity index (χ0n) is 7.97. The van der Waals surface area contributed by atoms with Crippen LogP contribution >= 0.6 is 0 Å². The highest BCUT2D eigenvalue weighted by Gasteiger charge is 2.28. The van der Waals surface area contributed by atoms with Gasteiger partial charge in [0.05, 0.1) is 6.61 Å². The number of likely N-dealkylation sites (tertiary alicyclic amines) is 1. The van der Waals surface area contributed by atoms with Gasteiger partial charge in [0.2, 0.25) is 0 Å². The second-order valence-corrected chi connectivity index (χ2v) is 3.06. The third kappa shape index (κ3) is 2.76. The zero-order chi connectivity index (χ0) is 10.6. The van der Waals surface area contributed by atoms with E-state index in [-0.39, 0.29) is 11.9 Å². The van der Waals surface area contributed by atoms with Crippen LogP contribution in [0.3, 0.4) is 0 Å². The highest BCUT2D eigenvalue weighted by atomic mass is 16.5. The number of carboxylic acid groups (broad SMARTS) is 1. The Labute approximate surface area is 82.0 Å². The third-order valence-corrected chi connectivity index (χ3v) is 1.97. The Bertz CT molecular complexity index is 256. The lowest BCUT2D eigenvalue weighted by Gasteiger charge is -2.35. The normalized spacial score (nSPS) is 16.8. The van der Waals surface area contributed by atoms with E-state index in [9.17, 15) is 9.59 Å². The van der Waals surface area contributed by atoms with Gasteiger partial charge in [0, 0.05) is 25.1 Å². The molecular weight excluding hydrogens is 186 g/mol. The first-order valence-corrected chi connectivity index (χ1v) is 4.46. The maximum atomic E-state index is 10.9. The van der Waals surface area contributed by atoms with E-state index in [2.05, 4.69) is 4.74 Å². The molecule has 0 aromatic carbocycles. The number of carbonyl (C=O) groups excluding carboxylic acids is 1. The molecule has 0 aliphatic carbocycles. The van der Waals surface area contributed by atoms with Crippen LogP contribution < -0.4 is 0 Å². The lowest BCUT2D eigenvalue weighted by Crippen LogP contribution is -2.48. The van der Waals surface area contributed by atoms with Gasteiger partial charge in [-0.3, -0.25) is 0 Å². The number of hydrogen-bond acceptors (Lipinski definition) is 3. The molecule has 1 fully saturated rings. The fourth-order valence-corrected chi connectivity index (χ4v) is 1.20. The van der Waals surface area contributed by atoms with Gasteiger partial charge in [0.1, 0.15) is 0 Å². The van der Waals surface area contributed by atoms with Gasteiger partial charge in [-0.05, 0) is 6.92 Å². The number of rotatable bonds is 3. The van der Waals surface area contributed by atoms with Crippen molar-refractivity contribution in [3.8, 4) is 0 Å². The Morgan fingerprint density at radius 3 is 2.71 bits per heavy atom. The molecule has 0 spiro atoms. The lowest BCUT2D eigenvalue weighted by atomic mass is 10.0. The Kier molecular flexibility index (Phi) is 3.50. The van der Waals surface area contributed by atoms with Gasteiger partial charge in [-0.25, -0.2) is 9.59 Å². The summed E-state index contributed by atoms with van der Waals surface area (Å²) in [5.41, 5.74) is 0. The number of hydrogen-bond donors (Lipinski definition) is 1. The standard InChI is InChI=1S/C9H13NO4/c1-2-14-8(11)4-3-7-5-10(6-7)9(12)13/h3-4,7H,2,5-6H2,1H3,(H,12,13)/b4-3+. The molecule has 0 saturated carbocycles. The van der Waals surface area contributed by atoms with Crippen molar-refractivity contribution in [3.63, 3.8) is 0 Å². The van der Waals surface area contributed by atoms with Gasteiger partial charge in [0.25, 0.3) is 0 Å². The van der Waals surface area contributed by atoms with Gasteiger partial charge >= 0.3 is 12.1 Å². The van der Waals surface area contributed by atoms with Crippen LogP contribution in [0.1, 0.15) is 6.92 Å². The van der Waals surface area contributed by atoms with E-state index in [1.54, 1.807) is 13.0 Å². The highest BCUT2D eigenvalue weighted by molar-refractivity contribution is 5.82. The molecule has 1 amide bonds. The van der Waals surface area contributed by atoms with E-state index in [4.69, 9.17) is 5.11 Å². The van der Waals surface area contributed by atoms with E-state index < -0.39 is 6.09 Å². The number of ether oxygens (including phenoxy) is 1. The van der Waals surface area contributed by atoms with Crippen molar-refractivity contribution in [2.75, 3.05) is 19.7 Å². The van der Waals surface area contributed by atoms with Crippen LogP contribution in [-0.4, -0.2) is 41.8 Å². The van der Waals surface area contributed by atoms with E-state index in [0.29, 0.717) is 19.7 Å². The smallest absolute Gasteiger partial charge is 0.407 e. The summed E-state index contributed by atoms with van der Waals surface area (Å²) in [5.74, 6) is -0.225. The molecule has 0 atom stereocenters. The molecule has 5 heteroatoms. The van der Waals surface area contributed by atoms with Crippen molar-refractivity contribution in [3.05, 3.63) is 12.2 Å². The SMILES string of the molecule is CCOC(=O)/C=C/C1CN(C(=O)O)C1. The molecule has 1 heterocycles. The lowest BCUT2D eigenvalue weighted by molar-refractivity contribution is -0.137. The molecule has 1 saturated heterocycles. The zero-order valence-corrected chi connectivity index (χ0v) is 7.97. The van der Waals surface area contributed by atoms with Crippen molar-refractivity contribution in [1.29, 1.82) is 0 Å². The van der Waals surface area contributed by atoms with Gasteiger partial charge < -0.3 is 14.7 Å². The third-order valence-electron chi connectivity index (χ3n) is 1.97. The van der Waals surface area contributed by atoms with Crippen LogP contribution in [0.4, 0.5) is 4.79 Å². The summed E-state index contributed by atoms with van der Waals surface area (Å²) >= 11 is 0. The number of nitrogens with zero attached hydrogens (tertiary/aromatic N) is 1. The van der Waals surface area contributed by atoms with Gasteiger partial charge in [-0.1, -0.05) is 6.08 Å². The van der Waals surface area contributed by atoms with Crippen LogP contribution in [-0.2, 0) is 9.53 Å². The van der Waals surface area contributed by atoms with Crippen molar-refractivity contribution in [2.24, 2.45) is 5.92 Å². The predicted octanol–water partition coefficient (Wildman–Crippen LogP) is 0.716. The molecule has 0 radical (unpaired) electrons. The van der Waals surface area contributed by atoms with E-state index in [0.717, 1.165) is 0 Å². The maximum Gasteiger partial charge on any atom is 0.407 e. The van der Waals surface area contributed by atoms with Crippen LogP contribution in [0.25, 0.3) is 0 Å². The quantitative estimate of drug-likeness (QED) is 0.537. The van der Waals surface area contributed by atoms with Crippen molar-refractivity contribution in [1.82, 2.24) is 4.90 Å². The summed E-state index contributed by atoms with van der Waals surface area (Å²) in [4.78, 5) is 22.5. The first-order valence-electron chi connectivity index (χ1n) is 4.46. The molecule has 1 rings (SSSR count). The van der Waals surface area contributed by atoms with Gasteiger partial charge in [0.15, 0.2) is 0 Å². The van der Waals surface area contributed by atoms with E-state index in [1.807, 2.05) is 0 Å². The minimum Gasteiger partial charge on any atom is -0.465 e. The minimum absolute atomic E-state index is 0.149. The molecule has 1 aliphatic heterocycles. The molecule has 0 aromatic rings. The minimum atomic E-state index is -0.911. The van der Waals surface area contributed by atoms with Crippen LogP contribution in [0.2, 0.25) is 0 Å². The summed E-state index contributed by atoms with van der Waals surface area (Å²) in [6.07, 6.45) is 2.14. The van der Waals surface area contributed by atoms with E-state index in [1.165, 1.54) is 11.0 Å². The molecule has 1 aliphatic rings.